The summed E-state index contributed by atoms with van der Waals surface area (Å²) in [6.45, 7) is 3.73. The molecule has 1 unspecified atom stereocenters. The van der Waals surface area contributed by atoms with Gasteiger partial charge in [-0.05, 0) is 18.9 Å². The van der Waals surface area contributed by atoms with Gasteiger partial charge in [-0.15, -0.1) is 0 Å². The minimum atomic E-state index is -1.73. The van der Waals surface area contributed by atoms with Crippen LogP contribution in [0.4, 0.5) is 0 Å². The molecule has 178 valence electrons. The van der Waals surface area contributed by atoms with E-state index in [0.29, 0.717) is 26.1 Å². The minimum absolute atomic E-state index is 0.0370. The number of methoxy groups -OCH3 is 3. The molecule has 1 saturated heterocycles. The highest BCUT2D eigenvalue weighted by Crippen LogP contribution is 2.78. The van der Waals surface area contributed by atoms with E-state index in [0.717, 1.165) is 0 Å². The summed E-state index contributed by atoms with van der Waals surface area (Å²) in [7, 11) is 4.80. The summed E-state index contributed by atoms with van der Waals surface area (Å²) in [6, 6.07) is -0.534. The van der Waals surface area contributed by atoms with Gasteiger partial charge in [0.1, 0.15) is 17.0 Å². The Balaban J connectivity index is 1.69. The maximum atomic E-state index is 13.6. The second-order valence-corrected chi connectivity index (χ2v) is 11.1. The Morgan fingerprint density at radius 1 is 1.22 bits per heavy atom. The third-order valence-electron chi connectivity index (χ3n) is 10.5. The lowest BCUT2D eigenvalue weighted by Crippen LogP contribution is -2.81. The van der Waals surface area contributed by atoms with Gasteiger partial charge in [-0.25, -0.2) is 0 Å². The van der Waals surface area contributed by atoms with Gasteiger partial charge < -0.3 is 29.5 Å². The Hall–Kier alpha value is -0.870. The number of rotatable bonds is 5. The maximum absolute atomic E-state index is 13.6. The zero-order chi connectivity index (χ0) is 22.8. The van der Waals surface area contributed by atoms with Crippen LogP contribution in [-0.2, 0) is 19.0 Å². The number of nitrogens with zero attached hydrogens (tertiary/aromatic N) is 1. The molecule has 1 heterocycles. The van der Waals surface area contributed by atoms with Gasteiger partial charge in [-0.3, -0.25) is 9.69 Å². The van der Waals surface area contributed by atoms with Crippen LogP contribution in [0.5, 0.6) is 0 Å². The number of hydrogen-bond acceptors (Lipinski definition) is 8. The first-order valence-electron chi connectivity index (χ1n) is 11.9. The molecule has 0 radical (unpaired) electrons. The van der Waals surface area contributed by atoms with Crippen molar-refractivity contribution < 1.29 is 34.3 Å². The van der Waals surface area contributed by atoms with Gasteiger partial charge in [0, 0.05) is 57.0 Å². The van der Waals surface area contributed by atoms with Crippen LogP contribution in [0.1, 0.15) is 19.8 Å². The molecule has 4 saturated carbocycles. The van der Waals surface area contributed by atoms with Crippen molar-refractivity contribution >= 4 is 5.78 Å². The third kappa shape index (κ3) is 1.90. The van der Waals surface area contributed by atoms with E-state index in [1.807, 2.05) is 19.1 Å². The fourth-order valence-electron chi connectivity index (χ4n) is 9.92. The zero-order valence-corrected chi connectivity index (χ0v) is 19.2. The van der Waals surface area contributed by atoms with Gasteiger partial charge in [-0.2, -0.15) is 0 Å². The number of likely N-dealkylation sites (N-methyl/N-ethyl adjacent to an activating group) is 1. The smallest absolute Gasteiger partial charge is 0.144 e. The van der Waals surface area contributed by atoms with Crippen LogP contribution >= 0.6 is 0 Å². The van der Waals surface area contributed by atoms with Crippen molar-refractivity contribution in [2.45, 2.75) is 55.3 Å². The standard InChI is InChI=1S/C24H35NO7/c1-5-25-10-21(11-30-2)7-6-15(26)23-13-8-12-14(31-3)9-22(28,16(13)17(12)27)24(29,20(23)25)19(32-4)18(21)23/h6-7,12-16,18-20,26,28-29H,5,8-11H2,1-4H3/t12-,13-,14+,15+,16-,18-,19+,20?,21+,22-,23+,24-/m1/s1. The molecule has 1 spiro atoms. The van der Waals surface area contributed by atoms with Crippen LogP contribution in [0.2, 0.25) is 0 Å². The van der Waals surface area contributed by atoms with Crippen molar-refractivity contribution in [3.8, 4) is 0 Å². The first kappa shape index (κ1) is 21.6. The molecule has 0 amide bonds. The van der Waals surface area contributed by atoms with Gasteiger partial charge >= 0.3 is 0 Å². The van der Waals surface area contributed by atoms with E-state index in [1.165, 1.54) is 0 Å². The summed E-state index contributed by atoms with van der Waals surface area (Å²) in [5.41, 5.74) is -4.73. The lowest BCUT2D eigenvalue weighted by molar-refractivity contribution is -0.289. The summed E-state index contributed by atoms with van der Waals surface area (Å²) in [6.07, 6.45) is 2.56. The van der Waals surface area contributed by atoms with Crippen molar-refractivity contribution in [3.63, 3.8) is 0 Å². The molecule has 32 heavy (non-hydrogen) atoms. The number of aliphatic hydroxyl groups is 3. The molecule has 0 aromatic carbocycles. The number of Topliss-reactive ketones (excluding diaryl/α,β-unsaturated/α-hetero) is 1. The van der Waals surface area contributed by atoms with E-state index in [2.05, 4.69) is 4.90 Å². The van der Waals surface area contributed by atoms with E-state index in [-0.39, 0.29) is 30.0 Å². The number of hydrogen-bond donors (Lipinski definition) is 3. The highest BCUT2D eigenvalue weighted by Gasteiger charge is 2.91. The molecule has 1 aliphatic heterocycles. The SMILES string of the molecule is CCN1C[C@]2(COC)C=C[C@H](O)[C@]34C1[C@](O)([C@@H](OC)[C@H]23)[C@@]1(O)C[C@H](OC)[C@H]2C[C@@H]4[C@@H]1C2=O. The summed E-state index contributed by atoms with van der Waals surface area (Å²) < 4.78 is 17.5. The van der Waals surface area contributed by atoms with Gasteiger partial charge in [0.25, 0.3) is 0 Å². The van der Waals surface area contributed by atoms with Gasteiger partial charge in [0.15, 0.2) is 0 Å². The highest BCUT2D eigenvalue weighted by molar-refractivity contribution is 5.90. The molecule has 8 nitrogen and oxygen atoms in total. The van der Waals surface area contributed by atoms with Gasteiger partial charge in [0.05, 0.1) is 36.9 Å². The lowest BCUT2D eigenvalue weighted by Gasteiger charge is -2.67. The molecule has 6 aliphatic rings. The van der Waals surface area contributed by atoms with Crippen LogP contribution < -0.4 is 0 Å². The monoisotopic (exact) mass is 449 g/mol. The highest BCUT2D eigenvalue weighted by atomic mass is 16.5. The van der Waals surface area contributed by atoms with Crippen LogP contribution in [0.15, 0.2) is 12.2 Å². The number of aliphatic hydroxyl groups excluding tert-OH is 1. The molecule has 7 bridgehead atoms. The average Bonchev–Trinajstić information content (AvgIpc) is 3.14. The van der Waals surface area contributed by atoms with Crippen LogP contribution in [0.25, 0.3) is 0 Å². The maximum Gasteiger partial charge on any atom is 0.144 e. The summed E-state index contributed by atoms with van der Waals surface area (Å²) in [5, 5.41) is 36.8. The van der Waals surface area contributed by atoms with Crippen LogP contribution in [-0.4, -0.2) is 103 Å². The molecule has 3 N–H and O–H groups in total. The Bertz CT molecular complexity index is 880. The second kappa shape index (κ2) is 6.42. The Morgan fingerprint density at radius 2 is 1.97 bits per heavy atom. The van der Waals surface area contributed by atoms with Crippen molar-refractivity contribution in [1.29, 1.82) is 0 Å². The van der Waals surface area contributed by atoms with E-state index >= 15 is 0 Å². The van der Waals surface area contributed by atoms with Crippen molar-refractivity contribution in [1.82, 2.24) is 4.90 Å². The second-order valence-electron chi connectivity index (χ2n) is 11.1. The predicted molar refractivity (Wildman–Crippen MR) is 113 cm³/mol. The molecule has 6 rings (SSSR count). The van der Waals surface area contributed by atoms with E-state index in [9.17, 15) is 20.1 Å². The summed E-state index contributed by atoms with van der Waals surface area (Å²) in [5.74, 6) is -1.65. The van der Waals surface area contributed by atoms with Crippen LogP contribution in [0, 0.1) is 34.5 Å². The predicted octanol–water partition coefficient (Wildman–Crippen LogP) is -0.399. The number of likely N-dealkylation sites (tertiary alicyclic amines) is 1. The zero-order valence-electron chi connectivity index (χ0n) is 19.2. The largest absolute Gasteiger partial charge is 0.388 e. The Labute approximate surface area is 188 Å². The molecule has 5 aliphatic carbocycles. The topological polar surface area (TPSA) is 109 Å². The number of ether oxygens (including phenoxy) is 3. The molecular weight excluding hydrogens is 414 g/mol. The van der Waals surface area contributed by atoms with Gasteiger partial charge in [-0.1, -0.05) is 19.1 Å². The first-order valence-corrected chi connectivity index (χ1v) is 11.9. The summed E-state index contributed by atoms with van der Waals surface area (Å²) >= 11 is 0. The normalized spacial score (nSPS) is 59.7. The number of carbonyl (C=O) groups excluding carboxylic acids is 1. The minimum Gasteiger partial charge on any atom is -0.388 e. The molecular formula is C24H35NO7. The fraction of sp³-hybridized carbons (Fsp3) is 0.875. The fourth-order valence-corrected chi connectivity index (χ4v) is 9.92. The van der Waals surface area contributed by atoms with E-state index < -0.39 is 52.3 Å². The molecule has 5 fully saturated rings. The van der Waals surface area contributed by atoms with Crippen molar-refractivity contribution in [2.75, 3.05) is 41.0 Å². The van der Waals surface area contributed by atoms with Crippen molar-refractivity contribution in [2.24, 2.45) is 34.5 Å². The van der Waals surface area contributed by atoms with Crippen LogP contribution in [0.3, 0.4) is 0 Å². The average molecular weight is 450 g/mol. The van der Waals surface area contributed by atoms with Crippen molar-refractivity contribution in [3.05, 3.63) is 12.2 Å². The van der Waals surface area contributed by atoms with E-state index in [1.54, 1.807) is 21.3 Å². The Kier molecular flexibility index (Phi) is 4.34. The summed E-state index contributed by atoms with van der Waals surface area (Å²) in [4.78, 5) is 15.8. The molecule has 12 atom stereocenters. The number of ketones is 1. The Morgan fingerprint density at radius 3 is 2.59 bits per heavy atom. The first-order chi connectivity index (χ1) is 15.2. The molecule has 8 heteroatoms. The molecule has 0 aromatic rings. The quantitative estimate of drug-likeness (QED) is 0.487. The molecule has 0 aromatic heterocycles. The van der Waals surface area contributed by atoms with E-state index in [4.69, 9.17) is 14.2 Å². The lowest BCUT2D eigenvalue weighted by atomic mass is 9.44. The number of carbonyl (C=O) groups is 1. The number of piperidine rings is 1. The van der Waals surface area contributed by atoms with Gasteiger partial charge in [0.2, 0.25) is 0 Å². The number of fused-ring (bicyclic) bond motifs is 2. The third-order valence-corrected chi connectivity index (χ3v) is 10.5.